The Kier molecular flexibility index (Phi) is 3.99. The summed E-state index contributed by atoms with van der Waals surface area (Å²) in [6, 6.07) is 17.2. The predicted molar refractivity (Wildman–Crippen MR) is 84.1 cm³/mol. The summed E-state index contributed by atoms with van der Waals surface area (Å²) in [5, 5.41) is 0.767. The molecular formula is C16H14ClNOS. The molecule has 0 radical (unpaired) electrons. The predicted octanol–water partition coefficient (Wildman–Crippen LogP) is 4.23. The van der Waals surface area contributed by atoms with Gasteiger partial charge in [-0.15, -0.1) is 11.8 Å². The molecule has 0 N–H and O–H groups in total. The van der Waals surface area contributed by atoms with E-state index in [1.807, 2.05) is 59.5 Å². The van der Waals surface area contributed by atoms with Crippen LogP contribution in [0.1, 0.15) is 21.3 Å². The molecule has 2 aromatic rings. The van der Waals surface area contributed by atoms with Crippen LogP contribution in [0.25, 0.3) is 0 Å². The Bertz CT molecular complexity index is 617. The number of carbonyl (C=O) groups is 1. The van der Waals surface area contributed by atoms with Gasteiger partial charge in [0, 0.05) is 22.9 Å². The summed E-state index contributed by atoms with van der Waals surface area (Å²) in [5.74, 6) is 1.04. The molecule has 0 spiro atoms. The Morgan fingerprint density at radius 2 is 1.95 bits per heavy atom. The van der Waals surface area contributed by atoms with E-state index < -0.39 is 0 Å². The average molecular weight is 304 g/mol. The molecule has 0 bridgehead atoms. The van der Waals surface area contributed by atoms with E-state index >= 15 is 0 Å². The highest BCUT2D eigenvalue weighted by Crippen LogP contribution is 2.39. The molecule has 1 aliphatic rings. The fraction of sp³-hybridized carbons (Fsp3) is 0.188. The molecule has 2 aromatic carbocycles. The fourth-order valence-corrected chi connectivity index (χ4v) is 3.81. The Labute approximate surface area is 127 Å². The van der Waals surface area contributed by atoms with Gasteiger partial charge in [-0.3, -0.25) is 4.79 Å². The summed E-state index contributed by atoms with van der Waals surface area (Å²) in [7, 11) is 0. The van der Waals surface area contributed by atoms with Crippen molar-refractivity contribution in [3.8, 4) is 0 Å². The summed E-state index contributed by atoms with van der Waals surface area (Å²) < 4.78 is 0. The lowest BCUT2D eigenvalue weighted by molar-refractivity contribution is 0.0760. The second kappa shape index (κ2) is 5.90. The topological polar surface area (TPSA) is 20.3 Å². The zero-order valence-electron chi connectivity index (χ0n) is 10.8. The maximum atomic E-state index is 12.6. The highest BCUT2D eigenvalue weighted by molar-refractivity contribution is 7.99. The van der Waals surface area contributed by atoms with Crippen LogP contribution >= 0.6 is 23.4 Å². The highest BCUT2D eigenvalue weighted by atomic mass is 35.5. The molecular weight excluding hydrogens is 290 g/mol. The van der Waals surface area contributed by atoms with E-state index in [0.717, 1.165) is 23.4 Å². The minimum absolute atomic E-state index is 0.0569. The Balaban J connectivity index is 1.88. The molecule has 2 nitrogen and oxygen atoms in total. The lowest BCUT2D eigenvalue weighted by atomic mass is 10.1. The Morgan fingerprint density at radius 1 is 1.15 bits per heavy atom. The maximum absolute atomic E-state index is 12.6. The molecule has 3 rings (SSSR count). The minimum Gasteiger partial charge on any atom is -0.322 e. The van der Waals surface area contributed by atoms with Crippen LogP contribution in [-0.4, -0.2) is 23.1 Å². The summed E-state index contributed by atoms with van der Waals surface area (Å²) in [6.07, 6.45) is 0. The van der Waals surface area contributed by atoms with Crippen molar-refractivity contribution >= 4 is 29.3 Å². The first kappa shape index (κ1) is 13.5. The maximum Gasteiger partial charge on any atom is 0.255 e. The first-order valence-corrected chi connectivity index (χ1v) is 7.91. The van der Waals surface area contributed by atoms with Crippen LogP contribution in [-0.2, 0) is 0 Å². The molecule has 1 fully saturated rings. The molecule has 1 amide bonds. The lowest BCUT2D eigenvalue weighted by Gasteiger charge is -2.24. The van der Waals surface area contributed by atoms with E-state index in [-0.39, 0.29) is 11.3 Å². The molecule has 1 saturated heterocycles. The van der Waals surface area contributed by atoms with Crippen LogP contribution < -0.4 is 0 Å². The van der Waals surface area contributed by atoms with Gasteiger partial charge in [0.05, 0.1) is 0 Å². The van der Waals surface area contributed by atoms with Crippen LogP contribution in [0.15, 0.2) is 54.6 Å². The normalized spacial score (nSPS) is 18.2. The smallest absolute Gasteiger partial charge is 0.255 e. The number of hydrogen-bond acceptors (Lipinski definition) is 2. The standard InChI is InChI=1S/C16H14ClNOS/c17-14-8-4-7-13(11-14)16-18(9-10-20-16)15(19)12-5-2-1-3-6-12/h1-8,11,16H,9-10H2/t16-/m1/s1. The van der Waals surface area contributed by atoms with E-state index in [2.05, 4.69) is 0 Å². The van der Waals surface area contributed by atoms with Crippen LogP contribution in [0.5, 0.6) is 0 Å². The summed E-state index contributed by atoms with van der Waals surface area (Å²) in [6.45, 7) is 0.773. The molecule has 4 heteroatoms. The van der Waals surface area contributed by atoms with Gasteiger partial charge in [-0.2, -0.15) is 0 Å². The first-order chi connectivity index (χ1) is 9.75. The van der Waals surface area contributed by atoms with Gasteiger partial charge in [0.2, 0.25) is 0 Å². The van der Waals surface area contributed by atoms with Crippen molar-refractivity contribution in [1.82, 2.24) is 4.90 Å². The van der Waals surface area contributed by atoms with Crippen molar-refractivity contribution in [2.75, 3.05) is 12.3 Å². The second-order valence-corrected chi connectivity index (χ2v) is 6.27. The Morgan fingerprint density at radius 3 is 2.70 bits per heavy atom. The molecule has 1 atom stereocenters. The highest BCUT2D eigenvalue weighted by Gasteiger charge is 2.31. The number of carbonyl (C=O) groups excluding carboxylic acids is 1. The third kappa shape index (κ3) is 2.69. The first-order valence-electron chi connectivity index (χ1n) is 6.49. The van der Waals surface area contributed by atoms with Crippen molar-refractivity contribution in [2.24, 2.45) is 0 Å². The molecule has 0 aliphatic carbocycles. The van der Waals surface area contributed by atoms with Gasteiger partial charge >= 0.3 is 0 Å². The minimum atomic E-state index is 0.0569. The van der Waals surface area contributed by atoms with Gasteiger partial charge in [-0.05, 0) is 29.8 Å². The van der Waals surface area contributed by atoms with Crippen molar-refractivity contribution in [3.63, 3.8) is 0 Å². The number of rotatable bonds is 2. The second-order valence-electron chi connectivity index (χ2n) is 4.64. The van der Waals surface area contributed by atoms with Crippen molar-refractivity contribution in [3.05, 3.63) is 70.7 Å². The van der Waals surface area contributed by atoms with Crippen LogP contribution in [0.4, 0.5) is 0 Å². The number of benzene rings is 2. The van der Waals surface area contributed by atoms with E-state index in [1.54, 1.807) is 11.8 Å². The zero-order chi connectivity index (χ0) is 13.9. The van der Waals surface area contributed by atoms with Gasteiger partial charge in [0.1, 0.15) is 5.37 Å². The number of halogens is 1. The van der Waals surface area contributed by atoms with Crippen LogP contribution in [0.3, 0.4) is 0 Å². The van der Waals surface area contributed by atoms with Gasteiger partial charge in [-0.1, -0.05) is 41.9 Å². The monoisotopic (exact) mass is 303 g/mol. The molecule has 102 valence electrons. The largest absolute Gasteiger partial charge is 0.322 e. The SMILES string of the molecule is O=C(c1ccccc1)N1CCS[C@@H]1c1cccc(Cl)c1. The van der Waals surface area contributed by atoms with Crippen molar-refractivity contribution in [2.45, 2.75) is 5.37 Å². The zero-order valence-corrected chi connectivity index (χ0v) is 12.4. The van der Waals surface area contributed by atoms with E-state index in [1.165, 1.54) is 0 Å². The van der Waals surface area contributed by atoms with E-state index in [4.69, 9.17) is 11.6 Å². The van der Waals surface area contributed by atoms with E-state index in [0.29, 0.717) is 5.02 Å². The van der Waals surface area contributed by atoms with Gasteiger partial charge < -0.3 is 4.90 Å². The molecule has 0 saturated carbocycles. The summed E-state index contributed by atoms with van der Waals surface area (Å²) in [5.41, 5.74) is 1.83. The van der Waals surface area contributed by atoms with Gasteiger partial charge in [-0.25, -0.2) is 0 Å². The van der Waals surface area contributed by atoms with Crippen molar-refractivity contribution in [1.29, 1.82) is 0 Å². The van der Waals surface area contributed by atoms with Crippen LogP contribution in [0, 0.1) is 0 Å². The number of amides is 1. The van der Waals surface area contributed by atoms with Gasteiger partial charge in [0.25, 0.3) is 5.91 Å². The van der Waals surface area contributed by atoms with Gasteiger partial charge in [0.15, 0.2) is 0 Å². The molecule has 20 heavy (non-hydrogen) atoms. The van der Waals surface area contributed by atoms with Crippen LogP contribution in [0.2, 0.25) is 5.02 Å². The summed E-state index contributed by atoms with van der Waals surface area (Å²) >= 11 is 7.84. The third-order valence-corrected chi connectivity index (χ3v) is 4.80. The Hall–Kier alpha value is -1.45. The molecule has 1 heterocycles. The number of hydrogen-bond donors (Lipinski definition) is 0. The van der Waals surface area contributed by atoms with Crippen molar-refractivity contribution < 1.29 is 4.79 Å². The molecule has 0 unspecified atom stereocenters. The molecule has 0 aromatic heterocycles. The average Bonchev–Trinajstić information content (AvgIpc) is 2.97. The number of thioether (sulfide) groups is 1. The quantitative estimate of drug-likeness (QED) is 0.827. The fourth-order valence-electron chi connectivity index (χ4n) is 2.36. The molecule has 1 aliphatic heterocycles. The lowest BCUT2D eigenvalue weighted by Crippen LogP contribution is -2.30. The van der Waals surface area contributed by atoms with E-state index in [9.17, 15) is 4.79 Å². The summed E-state index contributed by atoms with van der Waals surface area (Å²) in [4.78, 5) is 14.5. The third-order valence-electron chi connectivity index (χ3n) is 3.31. The number of nitrogens with zero attached hydrogens (tertiary/aromatic N) is 1.